The quantitative estimate of drug-likeness (QED) is 0.473. The lowest BCUT2D eigenvalue weighted by atomic mass is 9.98. The van der Waals surface area contributed by atoms with E-state index < -0.39 is 35.3 Å². The standard InChI is InChI=1S/C18H29NO6/c1-17(2,3)24-13(20)11-19(16(23)25-18(4,5)6)14(15(21)22)12-9-7-8-10-12/h11-12,14H,7-10H2,1-6H3/p+1/t14-/m0/s1. The maximum atomic E-state index is 12.6. The van der Waals surface area contributed by atoms with Crippen LogP contribution < -0.4 is 0 Å². The van der Waals surface area contributed by atoms with Crippen molar-refractivity contribution in [1.29, 1.82) is 0 Å². The Bertz CT molecular complexity index is 547. The zero-order valence-corrected chi connectivity index (χ0v) is 16.0. The molecule has 0 aromatic rings. The Balaban J connectivity index is 3.22. The van der Waals surface area contributed by atoms with E-state index in [1.54, 1.807) is 41.5 Å². The van der Waals surface area contributed by atoms with Gasteiger partial charge in [0, 0.05) is 5.92 Å². The molecule has 1 N–H and O–H groups in total. The summed E-state index contributed by atoms with van der Waals surface area (Å²) in [7, 11) is 0. The summed E-state index contributed by atoms with van der Waals surface area (Å²) in [6.07, 6.45) is 3.25. The molecule has 7 nitrogen and oxygen atoms in total. The lowest BCUT2D eigenvalue weighted by Gasteiger charge is -2.21. The summed E-state index contributed by atoms with van der Waals surface area (Å²) < 4.78 is 11.4. The Morgan fingerprint density at radius 2 is 1.48 bits per heavy atom. The van der Waals surface area contributed by atoms with Crippen LogP contribution in [0.5, 0.6) is 0 Å². The van der Waals surface area contributed by atoms with Crippen LogP contribution in [0.4, 0.5) is 4.79 Å². The maximum Gasteiger partial charge on any atom is 0.597 e. The van der Waals surface area contributed by atoms with Crippen LogP contribution in [-0.4, -0.2) is 51.2 Å². The summed E-state index contributed by atoms with van der Waals surface area (Å²) in [6.45, 7) is 10.1. The number of carbonyl (C=O) groups is 3. The van der Waals surface area contributed by atoms with Crippen LogP contribution in [0.1, 0.15) is 67.2 Å². The molecule has 1 rings (SSSR count). The molecule has 1 atom stereocenters. The van der Waals surface area contributed by atoms with Crippen molar-refractivity contribution in [3.63, 3.8) is 0 Å². The molecule has 1 amide bonds. The number of carboxylic acids is 1. The third-order valence-corrected chi connectivity index (χ3v) is 3.65. The molecule has 0 heterocycles. The summed E-state index contributed by atoms with van der Waals surface area (Å²) in [5.41, 5.74) is -1.56. The van der Waals surface area contributed by atoms with Crippen molar-refractivity contribution < 1.29 is 33.5 Å². The van der Waals surface area contributed by atoms with Crippen LogP contribution >= 0.6 is 0 Å². The maximum absolute atomic E-state index is 12.6. The second kappa shape index (κ2) is 7.97. The Morgan fingerprint density at radius 1 is 1.00 bits per heavy atom. The molecule has 1 aliphatic rings. The predicted octanol–water partition coefficient (Wildman–Crippen LogP) is 2.99. The molecule has 1 aliphatic carbocycles. The first-order valence-corrected chi connectivity index (χ1v) is 8.62. The first-order chi connectivity index (χ1) is 11.3. The summed E-state index contributed by atoms with van der Waals surface area (Å²) >= 11 is 0. The van der Waals surface area contributed by atoms with Gasteiger partial charge in [-0.05, 0) is 54.4 Å². The van der Waals surface area contributed by atoms with Gasteiger partial charge in [0.1, 0.15) is 11.2 Å². The molecule has 0 aromatic heterocycles. The lowest BCUT2D eigenvalue weighted by molar-refractivity contribution is -0.485. The van der Waals surface area contributed by atoms with Gasteiger partial charge in [-0.25, -0.2) is 9.59 Å². The zero-order chi connectivity index (χ0) is 19.4. The second-order valence-corrected chi connectivity index (χ2v) is 8.38. The number of carbonyl (C=O) groups excluding carboxylic acids is 2. The van der Waals surface area contributed by atoms with Gasteiger partial charge in [0.05, 0.1) is 0 Å². The third kappa shape index (κ3) is 7.23. The van der Waals surface area contributed by atoms with Crippen LogP contribution in [0.25, 0.3) is 0 Å². The minimum absolute atomic E-state index is 0.219. The van der Waals surface area contributed by atoms with E-state index in [-0.39, 0.29) is 5.92 Å². The smallest absolute Gasteiger partial charge is 0.476 e. The minimum Gasteiger partial charge on any atom is -0.476 e. The summed E-state index contributed by atoms with van der Waals surface area (Å²) in [5.74, 6) is -2.15. The van der Waals surface area contributed by atoms with Gasteiger partial charge in [0.2, 0.25) is 0 Å². The van der Waals surface area contributed by atoms with Gasteiger partial charge in [-0.1, -0.05) is 12.8 Å². The number of amides is 1. The molecule has 0 aliphatic heterocycles. The van der Waals surface area contributed by atoms with Gasteiger partial charge in [0.25, 0.3) is 12.3 Å². The predicted molar refractivity (Wildman–Crippen MR) is 91.8 cm³/mol. The third-order valence-electron chi connectivity index (χ3n) is 3.65. The topological polar surface area (TPSA) is 92.9 Å². The van der Waals surface area contributed by atoms with E-state index in [1.807, 2.05) is 0 Å². The number of hydrogen-bond acceptors (Lipinski definition) is 5. The van der Waals surface area contributed by atoms with E-state index in [4.69, 9.17) is 9.47 Å². The van der Waals surface area contributed by atoms with Gasteiger partial charge in [-0.15, -0.1) is 4.58 Å². The lowest BCUT2D eigenvalue weighted by Crippen LogP contribution is -2.46. The zero-order valence-electron chi connectivity index (χ0n) is 16.0. The van der Waals surface area contributed by atoms with E-state index in [2.05, 4.69) is 0 Å². The van der Waals surface area contributed by atoms with Crippen LogP contribution in [0.15, 0.2) is 0 Å². The molecule has 0 saturated heterocycles. The number of carboxylic acid groups (broad SMARTS) is 1. The molecule has 142 valence electrons. The Hall–Kier alpha value is -1.92. The van der Waals surface area contributed by atoms with Gasteiger partial charge >= 0.3 is 18.0 Å². The van der Waals surface area contributed by atoms with Crippen molar-refractivity contribution in [2.24, 2.45) is 5.92 Å². The first kappa shape index (κ1) is 21.1. The van der Waals surface area contributed by atoms with E-state index in [9.17, 15) is 19.5 Å². The fraction of sp³-hybridized carbons (Fsp3) is 0.778. The van der Waals surface area contributed by atoms with Crippen molar-refractivity contribution in [3.8, 4) is 0 Å². The molecule has 1 fully saturated rings. The number of nitrogens with zero attached hydrogens (tertiary/aromatic N) is 1. The highest BCUT2D eigenvalue weighted by atomic mass is 16.6. The molecule has 0 aromatic carbocycles. The monoisotopic (exact) mass is 356 g/mol. The molecule has 25 heavy (non-hydrogen) atoms. The molecular weight excluding hydrogens is 326 g/mol. The molecule has 1 saturated carbocycles. The minimum atomic E-state index is -1.16. The first-order valence-electron chi connectivity index (χ1n) is 8.62. The van der Waals surface area contributed by atoms with Gasteiger partial charge < -0.3 is 14.6 Å². The number of hydrogen-bond donors (Lipinski definition) is 1. The van der Waals surface area contributed by atoms with Crippen molar-refractivity contribution >= 4 is 24.2 Å². The van der Waals surface area contributed by atoms with E-state index in [0.717, 1.165) is 23.6 Å². The Morgan fingerprint density at radius 3 is 1.88 bits per heavy atom. The van der Waals surface area contributed by atoms with E-state index in [1.165, 1.54) is 0 Å². The van der Waals surface area contributed by atoms with E-state index in [0.29, 0.717) is 12.8 Å². The molecule has 0 spiro atoms. The van der Waals surface area contributed by atoms with Crippen LogP contribution in [-0.2, 0) is 19.1 Å². The molecule has 0 unspecified atom stereocenters. The largest absolute Gasteiger partial charge is 0.597 e. The average Bonchev–Trinajstić information content (AvgIpc) is 2.86. The van der Waals surface area contributed by atoms with E-state index >= 15 is 0 Å². The summed E-state index contributed by atoms with van der Waals surface area (Å²) in [6, 6.07) is -1.15. The van der Waals surface area contributed by atoms with Crippen molar-refractivity contribution in [1.82, 2.24) is 0 Å². The fourth-order valence-electron chi connectivity index (χ4n) is 2.82. The van der Waals surface area contributed by atoms with Gasteiger partial charge in [-0.2, -0.15) is 4.79 Å². The van der Waals surface area contributed by atoms with Crippen LogP contribution in [0.2, 0.25) is 0 Å². The highest BCUT2D eigenvalue weighted by molar-refractivity contribution is 6.22. The fourth-order valence-corrected chi connectivity index (χ4v) is 2.82. The molecular formula is C18H30NO6+. The number of esters is 1. The highest BCUT2D eigenvalue weighted by Crippen LogP contribution is 2.30. The summed E-state index contributed by atoms with van der Waals surface area (Å²) in [5, 5.41) is 9.68. The number of ether oxygens (including phenoxy) is 2. The van der Waals surface area contributed by atoms with Crippen molar-refractivity contribution in [2.75, 3.05) is 0 Å². The molecule has 7 heteroatoms. The van der Waals surface area contributed by atoms with Crippen LogP contribution in [0.3, 0.4) is 0 Å². The van der Waals surface area contributed by atoms with Gasteiger partial charge in [-0.3, -0.25) is 0 Å². The second-order valence-electron chi connectivity index (χ2n) is 8.38. The Labute approximate surface area is 149 Å². The molecule has 0 bridgehead atoms. The Kier molecular flexibility index (Phi) is 6.74. The number of rotatable bonds is 4. The van der Waals surface area contributed by atoms with Gasteiger partial charge in [0.15, 0.2) is 0 Å². The van der Waals surface area contributed by atoms with Crippen LogP contribution in [0, 0.1) is 5.92 Å². The van der Waals surface area contributed by atoms with Crippen molar-refractivity contribution in [2.45, 2.75) is 84.5 Å². The molecule has 0 radical (unpaired) electrons. The average molecular weight is 356 g/mol. The SMILES string of the molecule is CC(C)(C)OC(=O)C=[N+](C(=O)OC(C)(C)C)[C@H](C(=O)O)C1CCCC1. The summed E-state index contributed by atoms with van der Waals surface area (Å²) in [4.78, 5) is 36.6. The number of aliphatic carboxylic acids is 1. The normalized spacial score (nSPS) is 17.9. The van der Waals surface area contributed by atoms with Crippen molar-refractivity contribution in [3.05, 3.63) is 0 Å². The highest BCUT2D eigenvalue weighted by Gasteiger charge is 2.45.